The number of nitrogens with one attached hydrogen (secondary N) is 2. The van der Waals surface area contributed by atoms with Crippen molar-refractivity contribution < 1.29 is 0 Å². The Labute approximate surface area is 153 Å². The highest BCUT2D eigenvalue weighted by Gasteiger charge is 2.04. The van der Waals surface area contributed by atoms with Crippen molar-refractivity contribution in [2.75, 3.05) is 5.32 Å². The molecule has 2 aromatic rings. The molecule has 23 heavy (non-hydrogen) atoms. The van der Waals surface area contributed by atoms with Crippen LogP contribution in [0.2, 0.25) is 10.0 Å². The van der Waals surface area contributed by atoms with Crippen LogP contribution < -0.4 is 10.6 Å². The second-order valence-electron chi connectivity index (χ2n) is 5.49. The average Bonchev–Trinajstić information content (AvgIpc) is 2.56. The van der Waals surface area contributed by atoms with E-state index in [0.29, 0.717) is 27.6 Å². The van der Waals surface area contributed by atoms with Gasteiger partial charge in [0.15, 0.2) is 5.11 Å². The number of benzene rings is 2. The molecule has 0 bridgehead atoms. The van der Waals surface area contributed by atoms with E-state index in [4.69, 9.17) is 35.4 Å². The lowest BCUT2D eigenvalue weighted by molar-refractivity contribution is 0.734. The van der Waals surface area contributed by atoms with Gasteiger partial charge in [-0.15, -0.1) is 0 Å². The van der Waals surface area contributed by atoms with Crippen LogP contribution in [-0.4, -0.2) is 5.11 Å². The van der Waals surface area contributed by atoms with Crippen LogP contribution in [0, 0.1) is 0 Å². The minimum absolute atomic E-state index is 0.547. The molecule has 0 saturated heterocycles. The fourth-order valence-electron chi connectivity index (χ4n) is 2.14. The molecule has 0 radical (unpaired) electrons. The molecule has 2 N–H and O–H groups in total. The number of halogens is 2. The molecule has 0 saturated carbocycles. The number of hydrogen-bond acceptors (Lipinski definition) is 1. The fourth-order valence-corrected chi connectivity index (χ4v) is 2.65. The summed E-state index contributed by atoms with van der Waals surface area (Å²) >= 11 is 17.2. The lowest BCUT2D eigenvalue weighted by Gasteiger charge is -2.13. The molecular formula is C18H20Cl2N2S. The normalized spacial score (nSPS) is 11.8. The second kappa shape index (κ2) is 8.53. The first-order chi connectivity index (χ1) is 11.0. The number of thiocarbonyl (C=S) groups is 1. The van der Waals surface area contributed by atoms with Gasteiger partial charge in [-0.1, -0.05) is 55.2 Å². The van der Waals surface area contributed by atoms with E-state index in [1.807, 2.05) is 12.1 Å². The van der Waals surface area contributed by atoms with Gasteiger partial charge in [-0.3, -0.25) is 0 Å². The third-order valence-corrected chi connectivity index (χ3v) is 4.77. The molecule has 0 spiro atoms. The summed E-state index contributed by atoms with van der Waals surface area (Å²) in [5.41, 5.74) is 3.34. The summed E-state index contributed by atoms with van der Waals surface area (Å²) in [5, 5.41) is 8.02. The van der Waals surface area contributed by atoms with Gasteiger partial charge in [0.05, 0.1) is 10.0 Å². The Morgan fingerprint density at radius 3 is 2.39 bits per heavy atom. The summed E-state index contributed by atoms with van der Waals surface area (Å²) in [6.45, 7) is 5.01. The average molecular weight is 367 g/mol. The van der Waals surface area contributed by atoms with Crippen molar-refractivity contribution in [3.8, 4) is 0 Å². The van der Waals surface area contributed by atoms with Crippen LogP contribution in [0.25, 0.3) is 0 Å². The number of hydrogen-bond donors (Lipinski definition) is 2. The summed E-state index contributed by atoms with van der Waals surface area (Å²) in [6, 6.07) is 13.9. The number of rotatable bonds is 5. The smallest absolute Gasteiger partial charge is 0.171 e. The Morgan fingerprint density at radius 2 is 1.78 bits per heavy atom. The van der Waals surface area contributed by atoms with Gasteiger partial charge in [-0.05, 0) is 59.9 Å². The first-order valence-electron chi connectivity index (χ1n) is 7.58. The largest absolute Gasteiger partial charge is 0.358 e. The van der Waals surface area contributed by atoms with Gasteiger partial charge in [0.1, 0.15) is 0 Å². The van der Waals surface area contributed by atoms with Crippen LogP contribution in [0.1, 0.15) is 37.3 Å². The minimum atomic E-state index is 0.547. The number of anilines is 1. The third kappa shape index (κ3) is 5.38. The third-order valence-electron chi connectivity index (χ3n) is 3.79. The summed E-state index contributed by atoms with van der Waals surface area (Å²) in [6.07, 6.45) is 1.14. The second-order valence-corrected chi connectivity index (χ2v) is 6.71. The molecule has 0 aromatic heterocycles. The monoisotopic (exact) mass is 366 g/mol. The Morgan fingerprint density at radius 1 is 1.09 bits per heavy atom. The minimum Gasteiger partial charge on any atom is -0.358 e. The van der Waals surface area contributed by atoms with Gasteiger partial charge in [0, 0.05) is 12.2 Å². The summed E-state index contributed by atoms with van der Waals surface area (Å²) in [7, 11) is 0. The molecule has 0 aliphatic rings. The van der Waals surface area contributed by atoms with Crippen molar-refractivity contribution in [1.82, 2.24) is 5.32 Å². The zero-order valence-corrected chi connectivity index (χ0v) is 15.5. The maximum absolute atomic E-state index is 6.00. The highest BCUT2D eigenvalue weighted by molar-refractivity contribution is 7.80. The molecule has 0 heterocycles. The van der Waals surface area contributed by atoms with Crippen LogP contribution >= 0.6 is 35.4 Å². The van der Waals surface area contributed by atoms with E-state index in [9.17, 15) is 0 Å². The van der Waals surface area contributed by atoms with Crippen LogP contribution in [0.3, 0.4) is 0 Å². The lowest BCUT2D eigenvalue weighted by Crippen LogP contribution is -2.27. The van der Waals surface area contributed by atoms with Crippen LogP contribution in [0.15, 0.2) is 42.5 Å². The first kappa shape index (κ1) is 18.1. The molecule has 0 aliphatic carbocycles. The zero-order valence-electron chi connectivity index (χ0n) is 13.2. The molecule has 2 aromatic carbocycles. The molecule has 0 amide bonds. The lowest BCUT2D eigenvalue weighted by atomic mass is 9.99. The van der Waals surface area contributed by atoms with Gasteiger partial charge < -0.3 is 10.6 Å². The van der Waals surface area contributed by atoms with E-state index in [1.54, 1.807) is 6.07 Å². The van der Waals surface area contributed by atoms with E-state index in [-0.39, 0.29) is 0 Å². The quantitative estimate of drug-likeness (QED) is 0.635. The summed E-state index contributed by atoms with van der Waals surface area (Å²) < 4.78 is 0. The SMILES string of the molecule is CCC(C)c1ccc(NC(=S)NCc2ccc(Cl)c(Cl)c2)cc1. The van der Waals surface area contributed by atoms with Crippen molar-refractivity contribution in [2.24, 2.45) is 0 Å². The Balaban J connectivity index is 1.88. The molecule has 2 rings (SSSR count). The van der Waals surface area contributed by atoms with Gasteiger partial charge in [-0.2, -0.15) is 0 Å². The summed E-state index contributed by atoms with van der Waals surface area (Å²) in [4.78, 5) is 0. The topological polar surface area (TPSA) is 24.1 Å². The van der Waals surface area contributed by atoms with Crippen molar-refractivity contribution in [1.29, 1.82) is 0 Å². The first-order valence-corrected chi connectivity index (χ1v) is 8.74. The molecule has 2 nitrogen and oxygen atoms in total. The highest BCUT2D eigenvalue weighted by Crippen LogP contribution is 2.23. The zero-order chi connectivity index (χ0) is 16.8. The van der Waals surface area contributed by atoms with Crippen LogP contribution in [0.4, 0.5) is 5.69 Å². The fraction of sp³-hybridized carbons (Fsp3) is 0.278. The van der Waals surface area contributed by atoms with Gasteiger partial charge >= 0.3 is 0 Å². The molecule has 5 heteroatoms. The van der Waals surface area contributed by atoms with Crippen molar-refractivity contribution >= 4 is 46.2 Å². The molecular weight excluding hydrogens is 347 g/mol. The summed E-state index contributed by atoms with van der Waals surface area (Å²) in [5.74, 6) is 0.573. The maximum atomic E-state index is 6.00. The van der Waals surface area contributed by atoms with Gasteiger partial charge in [0.25, 0.3) is 0 Å². The maximum Gasteiger partial charge on any atom is 0.171 e. The molecule has 0 aliphatic heterocycles. The van der Waals surface area contributed by atoms with Crippen molar-refractivity contribution in [3.05, 3.63) is 63.6 Å². The van der Waals surface area contributed by atoms with Crippen molar-refractivity contribution in [2.45, 2.75) is 32.7 Å². The molecule has 0 fully saturated rings. The van der Waals surface area contributed by atoms with E-state index >= 15 is 0 Å². The predicted octanol–water partition coefficient (Wildman–Crippen LogP) is 5.99. The van der Waals surface area contributed by atoms with E-state index in [0.717, 1.165) is 17.7 Å². The highest BCUT2D eigenvalue weighted by atomic mass is 35.5. The van der Waals surface area contributed by atoms with Crippen LogP contribution in [0.5, 0.6) is 0 Å². The van der Waals surface area contributed by atoms with Gasteiger partial charge in [0.2, 0.25) is 0 Å². The van der Waals surface area contributed by atoms with Gasteiger partial charge in [-0.25, -0.2) is 0 Å². The molecule has 1 unspecified atom stereocenters. The van der Waals surface area contributed by atoms with E-state index < -0.39 is 0 Å². The van der Waals surface area contributed by atoms with E-state index in [1.165, 1.54) is 5.56 Å². The van der Waals surface area contributed by atoms with Crippen molar-refractivity contribution in [3.63, 3.8) is 0 Å². The Hall–Kier alpha value is -1.29. The Kier molecular flexibility index (Phi) is 6.70. The standard InChI is InChI=1S/C18H20Cl2N2S/c1-3-12(2)14-5-7-15(8-6-14)22-18(23)21-11-13-4-9-16(19)17(20)10-13/h4-10,12H,3,11H2,1-2H3,(H2,21,22,23). The molecule has 1 atom stereocenters. The Bertz CT molecular complexity index is 671. The predicted molar refractivity (Wildman–Crippen MR) is 105 cm³/mol. The van der Waals surface area contributed by atoms with E-state index in [2.05, 4.69) is 48.7 Å². The van der Waals surface area contributed by atoms with Crippen LogP contribution in [-0.2, 0) is 6.54 Å². The molecule has 122 valence electrons.